The van der Waals surface area contributed by atoms with Crippen LogP contribution in [0.1, 0.15) is 6.42 Å². The van der Waals surface area contributed by atoms with Gasteiger partial charge in [-0.25, -0.2) is 4.31 Å². The maximum Gasteiger partial charge on any atom is 0.0547 e. The molecule has 1 fully saturated rings. The maximum atomic E-state index is 3.79. The van der Waals surface area contributed by atoms with Gasteiger partial charge in [-0.3, -0.25) is 0 Å². The summed E-state index contributed by atoms with van der Waals surface area (Å²) in [4.78, 5) is 0. The molecule has 1 saturated heterocycles. The van der Waals surface area contributed by atoms with Crippen LogP contribution in [0.15, 0.2) is 0 Å². The van der Waals surface area contributed by atoms with Gasteiger partial charge in [-0.15, -0.1) is 11.8 Å². The summed E-state index contributed by atoms with van der Waals surface area (Å²) in [5, 5.41) is 0. The van der Waals surface area contributed by atoms with E-state index < -0.39 is 0 Å². The van der Waals surface area contributed by atoms with Gasteiger partial charge in [0.15, 0.2) is 0 Å². The highest BCUT2D eigenvalue weighted by Crippen LogP contribution is 2.21. The van der Waals surface area contributed by atoms with Crippen molar-refractivity contribution in [3.05, 3.63) is 6.92 Å². The molecule has 53 valence electrons. The molecule has 1 aliphatic heterocycles. The molecule has 0 bridgehead atoms. The van der Waals surface area contributed by atoms with Crippen LogP contribution in [0.2, 0.25) is 0 Å². The average molecular weight is 162 g/mol. The van der Waals surface area contributed by atoms with E-state index in [2.05, 4.69) is 11.2 Å². The molecule has 1 nitrogen and oxygen atoms in total. The Morgan fingerprint density at radius 3 is 3.11 bits per heavy atom. The van der Waals surface area contributed by atoms with Crippen molar-refractivity contribution in [1.29, 1.82) is 0 Å². The van der Waals surface area contributed by atoms with E-state index >= 15 is 0 Å². The molecule has 0 atom stereocenters. The summed E-state index contributed by atoms with van der Waals surface area (Å²) in [6, 6.07) is 0. The molecule has 1 radical (unpaired) electrons. The third kappa shape index (κ3) is 2.83. The van der Waals surface area contributed by atoms with Crippen LogP contribution < -0.4 is 0 Å². The van der Waals surface area contributed by atoms with Crippen LogP contribution in [0.25, 0.3) is 0 Å². The lowest BCUT2D eigenvalue weighted by molar-refractivity contribution is 0.611. The zero-order valence-electron chi connectivity index (χ0n) is 5.51. The van der Waals surface area contributed by atoms with E-state index in [9.17, 15) is 0 Å². The maximum absolute atomic E-state index is 3.79. The molecule has 0 aliphatic carbocycles. The largest absolute Gasteiger partial charge is 0.240 e. The fourth-order valence-corrected chi connectivity index (χ4v) is 2.75. The van der Waals surface area contributed by atoms with Crippen molar-refractivity contribution in [3.63, 3.8) is 0 Å². The van der Waals surface area contributed by atoms with Gasteiger partial charge < -0.3 is 0 Å². The van der Waals surface area contributed by atoms with Crippen LogP contribution in [0, 0.1) is 6.92 Å². The van der Waals surface area contributed by atoms with E-state index in [-0.39, 0.29) is 0 Å². The molecule has 0 N–H and O–H groups in total. The zero-order valence-corrected chi connectivity index (χ0v) is 7.14. The molecule has 0 amide bonds. The molecule has 0 aromatic heterocycles. The summed E-state index contributed by atoms with van der Waals surface area (Å²) in [7, 11) is 0. The molecule has 0 saturated carbocycles. The predicted octanol–water partition coefficient (Wildman–Crippen LogP) is 1.87. The van der Waals surface area contributed by atoms with Crippen molar-refractivity contribution in [2.45, 2.75) is 6.42 Å². The fraction of sp³-hybridized carbons (Fsp3) is 0.833. The molecule has 3 heteroatoms. The first-order valence-electron chi connectivity index (χ1n) is 3.18. The molecule has 1 aliphatic rings. The molecular formula is C6H12NS2. The van der Waals surface area contributed by atoms with E-state index in [1.54, 1.807) is 0 Å². The molecule has 1 heterocycles. The summed E-state index contributed by atoms with van der Waals surface area (Å²) in [5.41, 5.74) is 0. The first-order chi connectivity index (χ1) is 4.43. The number of rotatable bonds is 3. The number of thioether (sulfide) groups is 1. The highest BCUT2D eigenvalue weighted by molar-refractivity contribution is 8.02. The Hall–Kier alpha value is 0.660. The Bertz CT molecular complexity index is 71.5. The first kappa shape index (κ1) is 7.76. The Morgan fingerprint density at radius 1 is 1.67 bits per heavy atom. The van der Waals surface area contributed by atoms with Crippen molar-refractivity contribution in [3.8, 4) is 0 Å². The van der Waals surface area contributed by atoms with Crippen LogP contribution in [0.4, 0.5) is 0 Å². The minimum absolute atomic E-state index is 1.05. The number of nitrogens with zero attached hydrogens (tertiary/aromatic N) is 1. The normalized spacial score (nSPS) is 21.0. The van der Waals surface area contributed by atoms with Crippen LogP contribution in [0.5, 0.6) is 0 Å². The molecule has 0 unspecified atom stereocenters. The monoisotopic (exact) mass is 162 g/mol. The number of hydrogen-bond donors (Lipinski definition) is 0. The number of hydrogen-bond acceptors (Lipinski definition) is 3. The predicted molar refractivity (Wildman–Crippen MR) is 46.5 cm³/mol. The van der Waals surface area contributed by atoms with E-state index in [1.807, 2.05) is 23.7 Å². The summed E-state index contributed by atoms with van der Waals surface area (Å²) >= 11 is 3.95. The summed E-state index contributed by atoms with van der Waals surface area (Å²) in [6.45, 7) is 5.05. The minimum Gasteiger partial charge on any atom is -0.240 e. The van der Waals surface area contributed by atoms with E-state index in [4.69, 9.17) is 0 Å². The van der Waals surface area contributed by atoms with E-state index in [0.29, 0.717) is 0 Å². The SMILES string of the molecule is [CH2]CCSN1CCSC1. The lowest BCUT2D eigenvalue weighted by Gasteiger charge is -2.10. The second-order valence-corrected chi connectivity index (χ2v) is 4.19. The van der Waals surface area contributed by atoms with Crippen molar-refractivity contribution >= 4 is 23.7 Å². The molecule has 0 spiro atoms. The minimum atomic E-state index is 1.05. The third-order valence-electron chi connectivity index (χ3n) is 1.14. The molecular weight excluding hydrogens is 150 g/mol. The van der Waals surface area contributed by atoms with Gasteiger partial charge in [0.1, 0.15) is 0 Å². The van der Waals surface area contributed by atoms with Crippen LogP contribution in [-0.4, -0.2) is 28.2 Å². The summed E-state index contributed by atoms with van der Waals surface area (Å²) in [5.74, 6) is 3.70. The van der Waals surface area contributed by atoms with Crippen LogP contribution in [0.3, 0.4) is 0 Å². The van der Waals surface area contributed by atoms with Crippen molar-refractivity contribution in [2.75, 3.05) is 23.9 Å². The Balaban J connectivity index is 1.98. The highest BCUT2D eigenvalue weighted by atomic mass is 32.2. The van der Waals surface area contributed by atoms with Gasteiger partial charge in [0, 0.05) is 18.1 Å². The van der Waals surface area contributed by atoms with Gasteiger partial charge in [0.25, 0.3) is 0 Å². The average Bonchev–Trinajstić information content (AvgIpc) is 2.34. The second-order valence-electron chi connectivity index (χ2n) is 1.93. The van der Waals surface area contributed by atoms with Crippen molar-refractivity contribution in [2.24, 2.45) is 0 Å². The molecule has 0 aromatic carbocycles. The van der Waals surface area contributed by atoms with Gasteiger partial charge >= 0.3 is 0 Å². The Kier molecular flexibility index (Phi) is 3.86. The quantitative estimate of drug-likeness (QED) is 0.583. The lowest BCUT2D eigenvalue weighted by atomic mass is 10.6. The summed E-state index contributed by atoms with van der Waals surface area (Å²) < 4.78 is 2.41. The standard InChI is InChI=1S/C6H12NS2/c1-2-4-9-7-3-5-8-6-7/h1-6H2. The smallest absolute Gasteiger partial charge is 0.0547 e. The third-order valence-corrected chi connectivity index (χ3v) is 3.42. The van der Waals surface area contributed by atoms with Crippen LogP contribution >= 0.6 is 23.7 Å². The van der Waals surface area contributed by atoms with E-state index in [0.717, 1.165) is 6.42 Å². The molecule has 9 heavy (non-hydrogen) atoms. The Morgan fingerprint density at radius 2 is 2.56 bits per heavy atom. The van der Waals surface area contributed by atoms with Gasteiger partial charge in [-0.2, -0.15) is 0 Å². The Labute approximate surface area is 65.7 Å². The highest BCUT2D eigenvalue weighted by Gasteiger charge is 2.10. The second kappa shape index (κ2) is 4.47. The summed E-state index contributed by atoms with van der Waals surface area (Å²) in [6.07, 6.45) is 1.05. The van der Waals surface area contributed by atoms with Gasteiger partial charge in [-0.1, -0.05) is 18.9 Å². The van der Waals surface area contributed by atoms with Gasteiger partial charge in [-0.05, 0) is 6.42 Å². The van der Waals surface area contributed by atoms with Crippen molar-refractivity contribution in [1.82, 2.24) is 4.31 Å². The van der Waals surface area contributed by atoms with E-state index in [1.165, 1.54) is 23.9 Å². The molecule has 1 rings (SSSR count). The zero-order chi connectivity index (χ0) is 6.53. The van der Waals surface area contributed by atoms with Crippen LogP contribution in [-0.2, 0) is 0 Å². The van der Waals surface area contributed by atoms with Crippen molar-refractivity contribution < 1.29 is 0 Å². The topological polar surface area (TPSA) is 3.24 Å². The van der Waals surface area contributed by atoms with Gasteiger partial charge in [0.2, 0.25) is 0 Å². The molecule has 0 aromatic rings. The lowest BCUT2D eigenvalue weighted by Crippen LogP contribution is -2.09. The van der Waals surface area contributed by atoms with Gasteiger partial charge in [0.05, 0.1) is 5.88 Å². The first-order valence-corrected chi connectivity index (χ1v) is 5.28. The fourth-order valence-electron chi connectivity index (χ4n) is 0.693.